The Balaban J connectivity index is 2.17. The maximum Gasteiger partial charge on any atom is 0.253 e. The average molecular weight is 347 g/mol. The van der Waals surface area contributed by atoms with Crippen molar-refractivity contribution in [3.05, 3.63) is 58.6 Å². The third kappa shape index (κ3) is 4.49. The van der Waals surface area contributed by atoms with Crippen LogP contribution < -0.4 is 10.1 Å². The molecule has 2 aromatic rings. The largest absolute Gasteiger partial charge is 0.495 e. The van der Waals surface area contributed by atoms with Crippen molar-refractivity contribution in [2.45, 2.75) is 6.42 Å². The van der Waals surface area contributed by atoms with Crippen LogP contribution in [0.15, 0.2) is 42.5 Å². The number of halogens is 1. The fraction of sp³-hybridized carbons (Fsp3) is 0.222. The van der Waals surface area contributed by atoms with Gasteiger partial charge in [-0.25, -0.2) is 0 Å². The van der Waals surface area contributed by atoms with Gasteiger partial charge in [0, 0.05) is 24.7 Å². The topological polar surface area (TPSA) is 58.6 Å². The number of nitrogens with one attached hydrogen (secondary N) is 1. The summed E-state index contributed by atoms with van der Waals surface area (Å²) in [7, 11) is 4.86. The molecule has 0 atom stereocenters. The van der Waals surface area contributed by atoms with Crippen LogP contribution in [0, 0.1) is 0 Å². The summed E-state index contributed by atoms with van der Waals surface area (Å²) >= 11 is 5.84. The minimum atomic E-state index is -0.204. The molecule has 0 saturated heterocycles. The second kappa shape index (κ2) is 7.84. The number of ether oxygens (including phenoxy) is 1. The zero-order valence-corrected chi connectivity index (χ0v) is 14.6. The van der Waals surface area contributed by atoms with Crippen LogP contribution in [-0.2, 0) is 11.2 Å². The van der Waals surface area contributed by atoms with Crippen molar-refractivity contribution in [3.8, 4) is 5.75 Å². The molecule has 2 rings (SSSR count). The van der Waals surface area contributed by atoms with Gasteiger partial charge in [0.2, 0.25) is 5.91 Å². The van der Waals surface area contributed by atoms with Crippen LogP contribution in [0.2, 0.25) is 5.02 Å². The summed E-state index contributed by atoms with van der Waals surface area (Å²) in [5, 5.41) is 3.41. The molecule has 0 bridgehead atoms. The lowest BCUT2D eigenvalue weighted by molar-refractivity contribution is -0.115. The van der Waals surface area contributed by atoms with E-state index >= 15 is 0 Å². The van der Waals surface area contributed by atoms with Crippen LogP contribution in [0.5, 0.6) is 5.75 Å². The molecule has 0 unspecified atom stereocenters. The summed E-state index contributed by atoms with van der Waals surface area (Å²) in [5.41, 5.74) is 1.78. The van der Waals surface area contributed by atoms with Crippen molar-refractivity contribution in [2.24, 2.45) is 0 Å². The van der Waals surface area contributed by atoms with E-state index in [4.69, 9.17) is 16.3 Å². The highest BCUT2D eigenvalue weighted by Crippen LogP contribution is 2.26. The molecule has 0 saturated carbocycles. The Hall–Kier alpha value is -2.53. The van der Waals surface area contributed by atoms with Crippen LogP contribution >= 0.6 is 11.6 Å². The Bertz CT molecular complexity index is 742. The van der Waals surface area contributed by atoms with Crippen LogP contribution in [-0.4, -0.2) is 37.9 Å². The lowest BCUT2D eigenvalue weighted by atomic mass is 10.1. The SMILES string of the molecule is COc1ccc(C(=O)N(C)C)cc1NC(=O)Cc1ccc(Cl)cc1. The Morgan fingerprint density at radius 3 is 2.38 bits per heavy atom. The quantitative estimate of drug-likeness (QED) is 0.904. The predicted molar refractivity (Wildman–Crippen MR) is 94.8 cm³/mol. The first-order chi connectivity index (χ1) is 11.4. The molecule has 0 aromatic heterocycles. The Morgan fingerprint density at radius 1 is 1.12 bits per heavy atom. The zero-order valence-electron chi connectivity index (χ0n) is 13.8. The maximum atomic E-state index is 12.3. The minimum Gasteiger partial charge on any atom is -0.495 e. The molecule has 1 N–H and O–H groups in total. The number of rotatable bonds is 5. The molecule has 0 aliphatic rings. The number of benzene rings is 2. The Kier molecular flexibility index (Phi) is 5.82. The van der Waals surface area contributed by atoms with E-state index in [9.17, 15) is 9.59 Å². The van der Waals surface area contributed by atoms with Crippen LogP contribution in [0.3, 0.4) is 0 Å². The van der Waals surface area contributed by atoms with Gasteiger partial charge >= 0.3 is 0 Å². The van der Waals surface area contributed by atoms with Crippen molar-refractivity contribution in [1.29, 1.82) is 0 Å². The van der Waals surface area contributed by atoms with Crippen LogP contribution in [0.1, 0.15) is 15.9 Å². The second-order valence-electron chi connectivity index (χ2n) is 5.47. The summed E-state index contributed by atoms with van der Waals surface area (Å²) in [4.78, 5) is 25.8. The lowest BCUT2D eigenvalue weighted by Gasteiger charge is -2.14. The number of carbonyl (C=O) groups is 2. The van der Waals surface area contributed by atoms with Gasteiger partial charge in [-0.1, -0.05) is 23.7 Å². The molecule has 0 heterocycles. The molecular weight excluding hydrogens is 328 g/mol. The number of amides is 2. The summed E-state index contributed by atoms with van der Waals surface area (Å²) in [6.45, 7) is 0. The van der Waals surface area contributed by atoms with Gasteiger partial charge in [-0.3, -0.25) is 9.59 Å². The van der Waals surface area contributed by atoms with Gasteiger partial charge in [0.25, 0.3) is 5.91 Å². The lowest BCUT2D eigenvalue weighted by Crippen LogP contribution is -2.22. The predicted octanol–water partition coefficient (Wildman–Crippen LogP) is 3.23. The smallest absolute Gasteiger partial charge is 0.253 e. The molecule has 0 aliphatic heterocycles. The van der Waals surface area contributed by atoms with Crippen molar-refractivity contribution >= 4 is 29.1 Å². The standard InChI is InChI=1S/C18H19ClN2O3/c1-21(2)18(23)13-6-9-16(24-3)15(11-13)20-17(22)10-12-4-7-14(19)8-5-12/h4-9,11H,10H2,1-3H3,(H,20,22). The van der Waals surface area contributed by atoms with Crippen molar-refractivity contribution in [3.63, 3.8) is 0 Å². The Labute approximate surface area is 146 Å². The Morgan fingerprint density at radius 2 is 1.79 bits per heavy atom. The van der Waals surface area contributed by atoms with E-state index in [1.807, 2.05) is 0 Å². The number of nitrogens with zero attached hydrogens (tertiary/aromatic N) is 1. The molecule has 126 valence electrons. The van der Waals surface area contributed by atoms with E-state index in [2.05, 4.69) is 5.32 Å². The van der Waals surface area contributed by atoms with E-state index in [1.165, 1.54) is 12.0 Å². The van der Waals surface area contributed by atoms with Crippen LogP contribution in [0.25, 0.3) is 0 Å². The van der Waals surface area contributed by atoms with Crippen molar-refractivity contribution in [2.75, 3.05) is 26.5 Å². The normalized spacial score (nSPS) is 10.2. The first-order valence-corrected chi connectivity index (χ1v) is 7.72. The molecule has 0 aliphatic carbocycles. The number of anilines is 1. The minimum absolute atomic E-state index is 0.147. The number of hydrogen-bond donors (Lipinski definition) is 1. The highest BCUT2D eigenvalue weighted by atomic mass is 35.5. The zero-order chi connectivity index (χ0) is 17.7. The van der Waals surface area contributed by atoms with Gasteiger partial charge in [0.15, 0.2) is 0 Å². The van der Waals surface area contributed by atoms with E-state index in [0.29, 0.717) is 22.0 Å². The first-order valence-electron chi connectivity index (χ1n) is 7.34. The third-order valence-electron chi connectivity index (χ3n) is 3.40. The van der Waals surface area contributed by atoms with E-state index in [0.717, 1.165) is 5.56 Å². The first kappa shape index (κ1) is 17.8. The number of hydrogen-bond acceptors (Lipinski definition) is 3. The average Bonchev–Trinajstić information content (AvgIpc) is 2.56. The van der Waals surface area contributed by atoms with E-state index < -0.39 is 0 Å². The van der Waals surface area contributed by atoms with Crippen molar-refractivity contribution in [1.82, 2.24) is 4.90 Å². The molecular formula is C18H19ClN2O3. The molecule has 0 spiro atoms. The molecule has 0 radical (unpaired) electrons. The van der Waals surface area contributed by atoms with Crippen molar-refractivity contribution < 1.29 is 14.3 Å². The van der Waals surface area contributed by atoms with E-state index in [-0.39, 0.29) is 18.2 Å². The van der Waals surface area contributed by atoms with Gasteiger partial charge in [0.1, 0.15) is 5.75 Å². The number of methoxy groups -OCH3 is 1. The summed E-state index contributed by atoms with van der Waals surface area (Å²) < 4.78 is 5.25. The van der Waals surface area contributed by atoms with Gasteiger partial charge in [-0.05, 0) is 35.9 Å². The summed E-state index contributed by atoms with van der Waals surface area (Å²) in [6.07, 6.45) is 0.201. The molecule has 0 fully saturated rings. The highest BCUT2D eigenvalue weighted by Gasteiger charge is 2.14. The summed E-state index contributed by atoms with van der Waals surface area (Å²) in [5.74, 6) is 0.144. The third-order valence-corrected chi connectivity index (χ3v) is 3.66. The van der Waals surface area contributed by atoms with Gasteiger partial charge in [0.05, 0.1) is 19.2 Å². The second-order valence-corrected chi connectivity index (χ2v) is 5.90. The molecule has 6 heteroatoms. The summed E-state index contributed by atoms with van der Waals surface area (Å²) in [6, 6.07) is 12.0. The van der Waals surface area contributed by atoms with Gasteiger partial charge < -0.3 is 15.0 Å². The highest BCUT2D eigenvalue weighted by molar-refractivity contribution is 6.30. The van der Waals surface area contributed by atoms with Gasteiger partial charge in [-0.15, -0.1) is 0 Å². The maximum absolute atomic E-state index is 12.3. The fourth-order valence-electron chi connectivity index (χ4n) is 2.18. The van der Waals surface area contributed by atoms with Crippen LogP contribution in [0.4, 0.5) is 5.69 Å². The monoisotopic (exact) mass is 346 g/mol. The van der Waals surface area contributed by atoms with Gasteiger partial charge in [-0.2, -0.15) is 0 Å². The molecule has 2 amide bonds. The molecule has 24 heavy (non-hydrogen) atoms. The molecule has 5 nitrogen and oxygen atoms in total. The fourth-order valence-corrected chi connectivity index (χ4v) is 2.30. The van der Waals surface area contributed by atoms with E-state index in [1.54, 1.807) is 56.6 Å². The number of carbonyl (C=O) groups excluding carboxylic acids is 2. The molecule has 2 aromatic carbocycles.